The zero-order valence-electron chi connectivity index (χ0n) is 13.5. The fourth-order valence-electron chi connectivity index (χ4n) is 2.61. The third kappa shape index (κ3) is 4.21. The summed E-state index contributed by atoms with van der Waals surface area (Å²) >= 11 is 0. The van der Waals surface area contributed by atoms with E-state index in [1.807, 2.05) is 6.07 Å². The van der Waals surface area contributed by atoms with Gasteiger partial charge in [0.2, 0.25) is 0 Å². The molecule has 1 aromatic carbocycles. The van der Waals surface area contributed by atoms with Gasteiger partial charge in [0, 0.05) is 66.4 Å². The van der Waals surface area contributed by atoms with E-state index in [4.69, 9.17) is 4.52 Å². The van der Waals surface area contributed by atoms with Crippen LogP contribution in [0.25, 0.3) is 0 Å². The van der Waals surface area contributed by atoms with Crippen LogP contribution in [0.4, 0.5) is 10.5 Å². The van der Waals surface area contributed by atoms with E-state index < -0.39 is 10.8 Å². The monoisotopic (exact) mass is 348 g/mol. The molecule has 7 nitrogen and oxygen atoms in total. The first-order chi connectivity index (χ1) is 11.6. The van der Waals surface area contributed by atoms with Gasteiger partial charge in [0.25, 0.3) is 0 Å². The Balaban J connectivity index is 1.52. The van der Waals surface area contributed by atoms with Gasteiger partial charge in [-0.05, 0) is 18.2 Å². The highest BCUT2D eigenvalue weighted by Gasteiger charge is 2.21. The Morgan fingerprint density at radius 2 is 2.08 bits per heavy atom. The molecule has 1 saturated heterocycles. The molecule has 0 aliphatic carbocycles. The molecule has 24 heavy (non-hydrogen) atoms. The third-order valence-corrected chi connectivity index (χ3v) is 4.87. The second kappa shape index (κ2) is 7.59. The molecule has 0 bridgehead atoms. The molecular formula is C16H20N4O3S. The molecule has 1 aliphatic rings. The number of hydrogen-bond acceptors (Lipinski definition) is 5. The molecule has 0 radical (unpaired) electrons. The zero-order valence-corrected chi connectivity index (χ0v) is 14.3. The minimum atomic E-state index is -1.06. The second-order valence-corrected chi connectivity index (χ2v) is 7.05. The van der Waals surface area contributed by atoms with Crippen molar-refractivity contribution in [3.8, 4) is 0 Å². The van der Waals surface area contributed by atoms with Crippen LogP contribution in [0.5, 0.6) is 0 Å². The molecule has 1 aliphatic heterocycles. The molecule has 2 amide bonds. The number of aromatic nitrogens is 1. The van der Waals surface area contributed by atoms with Crippen molar-refractivity contribution in [2.24, 2.45) is 0 Å². The second-order valence-electron chi connectivity index (χ2n) is 5.67. The lowest BCUT2D eigenvalue weighted by Gasteiger charge is -2.34. The van der Waals surface area contributed by atoms with Gasteiger partial charge in [-0.25, -0.2) is 4.79 Å². The Hall–Kier alpha value is -2.19. The molecule has 3 rings (SSSR count). The van der Waals surface area contributed by atoms with Crippen LogP contribution in [-0.4, -0.2) is 57.6 Å². The van der Waals surface area contributed by atoms with E-state index in [2.05, 4.69) is 15.4 Å². The Bertz CT molecular complexity index is 712. The normalized spacial score (nSPS) is 16.8. The molecular weight excluding hydrogens is 328 g/mol. The van der Waals surface area contributed by atoms with Crippen molar-refractivity contribution in [1.29, 1.82) is 0 Å². The smallest absolute Gasteiger partial charge is 0.321 e. The molecule has 1 fully saturated rings. The predicted octanol–water partition coefficient (Wildman–Crippen LogP) is 1.76. The fraction of sp³-hybridized carbons (Fsp3) is 0.375. The Morgan fingerprint density at radius 1 is 1.29 bits per heavy atom. The molecule has 1 N–H and O–H groups in total. The highest BCUT2D eigenvalue weighted by molar-refractivity contribution is 7.84. The fourth-order valence-corrected chi connectivity index (χ4v) is 3.18. The summed E-state index contributed by atoms with van der Waals surface area (Å²) in [5.41, 5.74) is 1.56. The largest absolute Gasteiger partial charge is 0.364 e. The number of hydrogen-bond donors (Lipinski definition) is 1. The van der Waals surface area contributed by atoms with Gasteiger partial charge in [0.1, 0.15) is 6.26 Å². The van der Waals surface area contributed by atoms with E-state index in [-0.39, 0.29) is 6.03 Å². The molecule has 2 aromatic rings. The molecule has 8 heteroatoms. The predicted molar refractivity (Wildman–Crippen MR) is 91.1 cm³/mol. The molecule has 0 saturated carbocycles. The first-order valence-electron chi connectivity index (χ1n) is 7.73. The number of nitrogens with zero attached hydrogens (tertiary/aromatic N) is 3. The standard InChI is InChI=1S/C16H20N4O3S/c1-24(22)15-4-2-3-13(11-15)17-16(21)20-8-6-19(7-9-20)12-14-5-10-23-18-14/h2-5,10-11H,6-9,12H2,1H3,(H,17,21)/t24-/m1/s1. The summed E-state index contributed by atoms with van der Waals surface area (Å²) in [5.74, 6) is 0. The summed E-state index contributed by atoms with van der Waals surface area (Å²) in [5, 5.41) is 6.78. The van der Waals surface area contributed by atoms with E-state index in [1.165, 1.54) is 0 Å². The third-order valence-electron chi connectivity index (χ3n) is 3.95. The summed E-state index contributed by atoms with van der Waals surface area (Å²) < 4.78 is 16.4. The van der Waals surface area contributed by atoms with Gasteiger partial charge in [0.15, 0.2) is 0 Å². The average Bonchev–Trinajstić information content (AvgIpc) is 3.08. The maximum absolute atomic E-state index is 12.4. The number of benzene rings is 1. The Morgan fingerprint density at radius 3 is 2.75 bits per heavy atom. The van der Waals surface area contributed by atoms with Crippen LogP contribution in [0.3, 0.4) is 0 Å². The SMILES string of the molecule is C[S@@](=O)c1cccc(NC(=O)N2CCN(Cc3ccon3)CC2)c1. The average molecular weight is 348 g/mol. The lowest BCUT2D eigenvalue weighted by molar-refractivity contribution is 0.141. The van der Waals surface area contributed by atoms with Crippen LogP contribution < -0.4 is 5.32 Å². The molecule has 1 atom stereocenters. The number of anilines is 1. The van der Waals surface area contributed by atoms with E-state index in [0.717, 1.165) is 25.3 Å². The topological polar surface area (TPSA) is 78.7 Å². The molecule has 128 valence electrons. The molecule has 1 aromatic heterocycles. The van der Waals surface area contributed by atoms with Gasteiger partial charge in [-0.15, -0.1) is 0 Å². The first-order valence-corrected chi connectivity index (χ1v) is 9.28. The number of carbonyl (C=O) groups is 1. The summed E-state index contributed by atoms with van der Waals surface area (Å²) in [4.78, 5) is 17.1. The van der Waals surface area contributed by atoms with Crippen molar-refractivity contribution >= 4 is 22.5 Å². The summed E-state index contributed by atoms with van der Waals surface area (Å²) in [6, 6.07) is 8.85. The van der Waals surface area contributed by atoms with Gasteiger partial charge in [-0.2, -0.15) is 0 Å². The molecule has 2 heterocycles. The number of amides is 2. The number of carbonyl (C=O) groups excluding carboxylic acids is 1. The van der Waals surface area contributed by atoms with Crippen molar-refractivity contribution < 1.29 is 13.5 Å². The van der Waals surface area contributed by atoms with E-state index >= 15 is 0 Å². The van der Waals surface area contributed by atoms with Crippen LogP contribution in [0.2, 0.25) is 0 Å². The Labute approximate surface area is 143 Å². The van der Waals surface area contributed by atoms with Gasteiger partial charge in [0.05, 0.1) is 5.69 Å². The minimum Gasteiger partial charge on any atom is -0.364 e. The van der Waals surface area contributed by atoms with Gasteiger partial charge in [-0.1, -0.05) is 11.2 Å². The summed E-state index contributed by atoms with van der Waals surface area (Å²) in [6.07, 6.45) is 3.19. The maximum atomic E-state index is 12.4. The lowest BCUT2D eigenvalue weighted by atomic mass is 10.3. The van der Waals surface area contributed by atoms with Crippen LogP contribution in [0, 0.1) is 0 Å². The van der Waals surface area contributed by atoms with E-state index in [9.17, 15) is 9.00 Å². The van der Waals surface area contributed by atoms with Crippen molar-refractivity contribution in [1.82, 2.24) is 15.0 Å². The Kier molecular flexibility index (Phi) is 5.27. The zero-order chi connectivity index (χ0) is 16.9. The van der Waals surface area contributed by atoms with Gasteiger partial charge >= 0.3 is 6.03 Å². The van der Waals surface area contributed by atoms with Crippen LogP contribution in [0.15, 0.2) is 46.0 Å². The quantitative estimate of drug-likeness (QED) is 0.911. The van der Waals surface area contributed by atoms with Crippen LogP contribution >= 0.6 is 0 Å². The summed E-state index contributed by atoms with van der Waals surface area (Å²) in [7, 11) is -1.06. The van der Waals surface area contributed by atoms with Gasteiger partial charge < -0.3 is 14.7 Å². The molecule has 0 spiro atoms. The number of rotatable bonds is 4. The van der Waals surface area contributed by atoms with Crippen molar-refractivity contribution in [2.75, 3.05) is 37.8 Å². The van der Waals surface area contributed by atoms with Gasteiger partial charge in [-0.3, -0.25) is 9.11 Å². The van der Waals surface area contributed by atoms with Crippen molar-refractivity contribution in [2.45, 2.75) is 11.4 Å². The number of piperazine rings is 1. The summed E-state index contributed by atoms with van der Waals surface area (Å²) in [6.45, 7) is 3.63. The van der Waals surface area contributed by atoms with Crippen LogP contribution in [-0.2, 0) is 17.3 Å². The highest BCUT2D eigenvalue weighted by Crippen LogP contribution is 2.15. The minimum absolute atomic E-state index is 0.130. The van der Waals surface area contributed by atoms with E-state index in [1.54, 1.807) is 41.7 Å². The van der Waals surface area contributed by atoms with Crippen molar-refractivity contribution in [3.05, 3.63) is 42.3 Å². The molecule has 0 unspecified atom stereocenters. The first kappa shape index (κ1) is 16.7. The highest BCUT2D eigenvalue weighted by atomic mass is 32.2. The van der Waals surface area contributed by atoms with E-state index in [0.29, 0.717) is 23.7 Å². The lowest BCUT2D eigenvalue weighted by Crippen LogP contribution is -2.49. The number of urea groups is 1. The maximum Gasteiger partial charge on any atom is 0.321 e. The van der Waals surface area contributed by atoms with Crippen molar-refractivity contribution in [3.63, 3.8) is 0 Å². The number of nitrogens with one attached hydrogen (secondary N) is 1. The van der Waals surface area contributed by atoms with Crippen LogP contribution in [0.1, 0.15) is 5.69 Å².